The number of Topliss-reactive ketones (excluding diaryl/α,β-unsaturated/α-hetero) is 1. The van der Waals surface area contributed by atoms with E-state index in [0.717, 1.165) is 54.3 Å². The molecule has 0 saturated carbocycles. The second kappa shape index (κ2) is 27.7. The fourth-order valence-electron chi connectivity index (χ4n) is 5.84. The van der Waals surface area contributed by atoms with Crippen molar-refractivity contribution in [1.82, 2.24) is 15.1 Å². The van der Waals surface area contributed by atoms with Gasteiger partial charge >= 0.3 is 0 Å². The summed E-state index contributed by atoms with van der Waals surface area (Å²) in [5.74, 6) is 0.707. The van der Waals surface area contributed by atoms with Crippen LogP contribution >= 0.6 is 11.8 Å². The van der Waals surface area contributed by atoms with Crippen LogP contribution in [0.15, 0.2) is 120 Å². The van der Waals surface area contributed by atoms with E-state index < -0.39 is 5.25 Å². The van der Waals surface area contributed by atoms with Crippen molar-refractivity contribution in [3.8, 4) is 0 Å². The SMILES string of the molecule is C=CO/C(=C\C)CN(C)C(=Nc1ccc(N2CCCCC2)cc1)SC(C(C)=O)C1=CC=C(NC(=O)CN(C)CCC)CC=C1.CC.O=COCc1ccccc1. The average Bonchev–Trinajstić information content (AvgIpc) is 3.45. The van der Waals surface area contributed by atoms with Crippen LogP contribution in [0.2, 0.25) is 0 Å². The molecule has 4 rings (SSSR count). The molecule has 2 aromatic carbocycles. The smallest absolute Gasteiger partial charge is 0.293 e. The summed E-state index contributed by atoms with van der Waals surface area (Å²) in [6.45, 7) is 18.0. The fourth-order valence-corrected chi connectivity index (χ4v) is 6.91. The van der Waals surface area contributed by atoms with Crippen molar-refractivity contribution in [3.63, 3.8) is 0 Å². The Kier molecular flexibility index (Phi) is 23.4. The maximum atomic E-state index is 13.1. The Morgan fingerprint density at radius 2 is 1.71 bits per heavy atom. The molecule has 2 aromatic rings. The number of benzene rings is 2. The second-order valence-electron chi connectivity index (χ2n) is 13.1. The number of hydrogen-bond acceptors (Lipinski definition) is 9. The molecule has 304 valence electrons. The third-order valence-corrected chi connectivity index (χ3v) is 10.0. The van der Waals surface area contributed by atoms with Crippen molar-refractivity contribution >= 4 is 46.5 Å². The topological polar surface area (TPSA) is 104 Å². The fraction of sp³-hybridized carbons (Fsp3) is 0.422. The lowest BCUT2D eigenvalue weighted by Gasteiger charge is -2.28. The maximum Gasteiger partial charge on any atom is 0.293 e. The minimum atomic E-state index is -0.489. The summed E-state index contributed by atoms with van der Waals surface area (Å²) < 4.78 is 10.1. The molecule has 0 aromatic heterocycles. The first kappa shape index (κ1) is 47.3. The summed E-state index contributed by atoms with van der Waals surface area (Å²) in [5, 5.41) is 3.23. The molecule has 1 aliphatic heterocycles. The zero-order valence-electron chi connectivity index (χ0n) is 34.5. The van der Waals surface area contributed by atoms with Gasteiger partial charge in [-0.25, -0.2) is 4.99 Å². The summed E-state index contributed by atoms with van der Waals surface area (Å²) in [6, 6.07) is 17.9. The van der Waals surface area contributed by atoms with Gasteiger partial charge in [-0.3, -0.25) is 19.3 Å². The summed E-state index contributed by atoms with van der Waals surface area (Å²) in [7, 11) is 3.89. The molecule has 0 bridgehead atoms. The number of thioether (sulfide) groups is 1. The first-order valence-corrected chi connectivity index (χ1v) is 20.4. The van der Waals surface area contributed by atoms with E-state index in [2.05, 4.69) is 40.6 Å². The van der Waals surface area contributed by atoms with Crippen molar-refractivity contribution in [2.24, 2.45) is 4.99 Å². The molecule has 56 heavy (non-hydrogen) atoms. The molecule has 0 radical (unpaired) electrons. The van der Waals surface area contributed by atoms with Gasteiger partial charge in [0.25, 0.3) is 6.47 Å². The van der Waals surface area contributed by atoms with Crippen LogP contribution in [0.3, 0.4) is 0 Å². The van der Waals surface area contributed by atoms with Gasteiger partial charge in [0.2, 0.25) is 5.91 Å². The van der Waals surface area contributed by atoms with E-state index in [0.29, 0.717) is 37.8 Å². The number of likely N-dealkylation sites (N-methyl/N-ethyl adjacent to an activating group) is 2. The van der Waals surface area contributed by atoms with Crippen LogP contribution in [0.25, 0.3) is 0 Å². The molecule has 1 aliphatic carbocycles. The van der Waals surface area contributed by atoms with Gasteiger partial charge in [0.1, 0.15) is 18.1 Å². The molecule has 1 fully saturated rings. The first-order chi connectivity index (χ1) is 27.2. The zero-order valence-corrected chi connectivity index (χ0v) is 35.4. The number of nitrogens with one attached hydrogen (secondary N) is 1. The molecule has 1 heterocycles. The lowest BCUT2D eigenvalue weighted by molar-refractivity contribution is -0.129. The number of amidine groups is 1. The average molecular weight is 786 g/mol. The van der Waals surface area contributed by atoms with Crippen molar-refractivity contribution in [2.75, 3.05) is 51.7 Å². The Hall–Kier alpha value is -4.87. The van der Waals surface area contributed by atoms with Gasteiger partial charge in [-0.2, -0.15) is 0 Å². The monoisotopic (exact) mass is 785 g/mol. The molecule has 1 amide bonds. The standard InChI is InChI=1S/C35H49N5O3S.C8H8O2.C2H6/c1-7-22-38(5)26-33(42)36-29-15-13-14-28(16-17-29)34(27(4)41)44-35(39(6)25-32(8-2)43-9-3)37-30-18-20-31(21-19-30)40-23-11-10-12-24-40;9-7-10-6-8-4-2-1-3-5-8;1-2/h8-9,13-14,16-21,34H,3,7,10-12,15,22-26H2,1-2,4-6H3,(H,36,42);1-5,7H,6H2;1-2H3/b32-8-,37-35?;;. The molecule has 0 spiro atoms. The summed E-state index contributed by atoms with van der Waals surface area (Å²) >= 11 is 1.41. The van der Waals surface area contributed by atoms with Crippen LogP contribution < -0.4 is 10.2 Å². The number of carbonyl (C=O) groups excluding carboxylic acids is 3. The Bertz CT molecular complexity index is 1650. The van der Waals surface area contributed by atoms with Gasteiger partial charge in [-0.15, -0.1) is 0 Å². The van der Waals surface area contributed by atoms with E-state index in [-0.39, 0.29) is 11.7 Å². The van der Waals surface area contributed by atoms with Crippen LogP contribution in [0.1, 0.15) is 72.3 Å². The summed E-state index contributed by atoms with van der Waals surface area (Å²) in [6.07, 6.45) is 16.4. The minimum Gasteiger partial charge on any atom is -0.468 e. The largest absolute Gasteiger partial charge is 0.468 e. The van der Waals surface area contributed by atoms with E-state index in [4.69, 9.17) is 9.73 Å². The van der Waals surface area contributed by atoms with Crippen LogP contribution in [0, 0.1) is 0 Å². The maximum absolute atomic E-state index is 13.1. The van der Waals surface area contributed by atoms with Crippen molar-refractivity contribution in [1.29, 1.82) is 0 Å². The molecule has 11 heteroatoms. The Labute approximate surface area is 340 Å². The lowest BCUT2D eigenvalue weighted by Crippen LogP contribution is -2.35. The van der Waals surface area contributed by atoms with Crippen molar-refractivity contribution < 1.29 is 23.9 Å². The van der Waals surface area contributed by atoms with Crippen LogP contribution in [0.5, 0.6) is 0 Å². The normalized spacial score (nSPS) is 14.7. The minimum absolute atomic E-state index is 0.0168. The predicted molar refractivity (Wildman–Crippen MR) is 234 cm³/mol. The highest BCUT2D eigenvalue weighted by molar-refractivity contribution is 8.15. The molecule has 1 N–H and O–H groups in total. The van der Waals surface area contributed by atoms with Crippen LogP contribution in [0.4, 0.5) is 11.4 Å². The third kappa shape index (κ3) is 17.7. The van der Waals surface area contributed by atoms with Crippen molar-refractivity contribution in [3.05, 3.63) is 120 Å². The number of carbonyl (C=O) groups is 3. The van der Waals surface area contributed by atoms with Gasteiger partial charge in [0.05, 0.1) is 30.3 Å². The molecular weight excluding hydrogens is 723 g/mol. The number of hydrogen-bond donors (Lipinski definition) is 1. The number of piperidine rings is 1. The molecule has 1 unspecified atom stereocenters. The zero-order chi connectivity index (χ0) is 41.1. The van der Waals surface area contributed by atoms with Gasteiger partial charge < -0.3 is 24.6 Å². The third-order valence-electron chi connectivity index (χ3n) is 8.57. The molecule has 1 saturated heterocycles. The van der Waals surface area contributed by atoms with Crippen LogP contribution in [-0.4, -0.2) is 85.2 Å². The Morgan fingerprint density at radius 1 is 1.02 bits per heavy atom. The van der Waals surface area contributed by atoms with E-state index in [1.54, 1.807) is 6.92 Å². The summed E-state index contributed by atoms with van der Waals surface area (Å²) in [5.41, 5.74) is 4.69. The lowest BCUT2D eigenvalue weighted by atomic mass is 10.1. The van der Waals surface area contributed by atoms with Gasteiger partial charge in [-0.1, -0.05) is 87.7 Å². The van der Waals surface area contributed by atoms with E-state index in [1.165, 1.54) is 43.0 Å². The number of amides is 1. The van der Waals surface area contributed by atoms with Gasteiger partial charge in [0, 0.05) is 37.9 Å². The van der Waals surface area contributed by atoms with E-state index in [9.17, 15) is 14.4 Å². The second-order valence-corrected chi connectivity index (χ2v) is 14.2. The highest BCUT2D eigenvalue weighted by Crippen LogP contribution is 2.30. The van der Waals surface area contributed by atoms with Gasteiger partial charge in [0.15, 0.2) is 5.17 Å². The molecule has 2 aliphatic rings. The molecule has 1 atom stereocenters. The van der Waals surface area contributed by atoms with Crippen LogP contribution in [-0.2, 0) is 30.5 Å². The number of ether oxygens (including phenoxy) is 2. The number of allylic oxidation sites excluding steroid dienone is 5. The quantitative estimate of drug-likeness (QED) is 0.0729. The Morgan fingerprint density at radius 3 is 2.32 bits per heavy atom. The van der Waals surface area contributed by atoms with Crippen molar-refractivity contribution in [2.45, 2.75) is 78.6 Å². The summed E-state index contributed by atoms with van der Waals surface area (Å²) in [4.78, 5) is 46.8. The first-order valence-electron chi connectivity index (χ1n) is 19.6. The van der Waals surface area contributed by atoms with E-state index in [1.807, 2.05) is 118 Å². The molecular formula is C45H63N5O5S. The number of aliphatic imine (C=N–C) groups is 1. The highest BCUT2D eigenvalue weighted by atomic mass is 32.2. The Balaban J connectivity index is 0.000000773. The number of ketones is 1. The van der Waals surface area contributed by atoms with Gasteiger partial charge in [-0.05, 0) is 101 Å². The molecule has 10 nitrogen and oxygen atoms in total. The highest BCUT2D eigenvalue weighted by Gasteiger charge is 2.24. The number of rotatable bonds is 17. The number of nitrogens with zero attached hydrogens (tertiary/aromatic N) is 4. The van der Waals surface area contributed by atoms with E-state index >= 15 is 0 Å². The predicted octanol–water partition coefficient (Wildman–Crippen LogP) is 8.96. The number of anilines is 1.